The molecule has 0 bridgehead atoms. The zero-order chi connectivity index (χ0) is 21.1. The minimum absolute atomic E-state index is 0.0735. The normalized spacial score (nSPS) is 18.4. The van der Waals surface area contributed by atoms with Crippen molar-refractivity contribution in [1.29, 1.82) is 0 Å². The molecule has 1 amide bonds. The number of carbonyl (C=O) groups excluding carboxylic acids is 1. The maximum atomic E-state index is 13.2. The smallest absolute Gasteiger partial charge is 0.269 e. The number of hydrogen-bond donors (Lipinski definition) is 2. The highest BCUT2D eigenvalue weighted by atomic mass is 32.2. The highest BCUT2D eigenvalue weighted by Gasteiger charge is 2.30. The molecule has 2 aromatic rings. The van der Waals surface area contributed by atoms with Gasteiger partial charge >= 0.3 is 0 Å². The number of aromatic amines is 1. The van der Waals surface area contributed by atoms with Crippen LogP contribution in [0.25, 0.3) is 11.3 Å². The molecule has 2 fully saturated rings. The van der Waals surface area contributed by atoms with Gasteiger partial charge in [0.25, 0.3) is 5.91 Å². The van der Waals surface area contributed by atoms with Crippen LogP contribution in [0.15, 0.2) is 29.2 Å². The number of amides is 1. The van der Waals surface area contributed by atoms with Crippen molar-refractivity contribution in [2.45, 2.75) is 36.6 Å². The van der Waals surface area contributed by atoms with Gasteiger partial charge < -0.3 is 14.8 Å². The molecule has 1 aromatic heterocycles. The molecule has 162 valence electrons. The summed E-state index contributed by atoms with van der Waals surface area (Å²) in [6.07, 6.45) is 4.25. The van der Waals surface area contributed by atoms with E-state index in [0.717, 1.165) is 25.7 Å². The molecule has 0 atom stereocenters. The topological polar surface area (TPSA) is 114 Å². The predicted molar refractivity (Wildman–Crippen MR) is 110 cm³/mol. The SMILES string of the molecule is COc1ccc(-c2cc(C(=O)NC3CCCC3)[nH]n2)cc1S(=O)(=O)N1CCOCC1. The van der Waals surface area contributed by atoms with Crippen molar-refractivity contribution in [3.8, 4) is 17.0 Å². The third-order valence-electron chi connectivity index (χ3n) is 5.56. The lowest BCUT2D eigenvalue weighted by Crippen LogP contribution is -2.40. The Morgan fingerprint density at radius 1 is 1.23 bits per heavy atom. The second-order valence-electron chi connectivity index (χ2n) is 7.50. The molecule has 2 N–H and O–H groups in total. The van der Waals surface area contributed by atoms with Crippen LogP contribution in [-0.4, -0.2) is 68.3 Å². The van der Waals surface area contributed by atoms with Crippen LogP contribution in [0.5, 0.6) is 5.75 Å². The molecule has 30 heavy (non-hydrogen) atoms. The van der Waals surface area contributed by atoms with Gasteiger partial charge in [0, 0.05) is 24.7 Å². The number of sulfonamides is 1. The van der Waals surface area contributed by atoms with Gasteiger partial charge in [0.05, 0.1) is 26.0 Å². The largest absolute Gasteiger partial charge is 0.495 e. The summed E-state index contributed by atoms with van der Waals surface area (Å²) < 4.78 is 38.3. The zero-order valence-corrected chi connectivity index (χ0v) is 17.7. The lowest BCUT2D eigenvalue weighted by atomic mass is 10.1. The van der Waals surface area contributed by atoms with Gasteiger partial charge in [0.15, 0.2) is 0 Å². The van der Waals surface area contributed by atoms with Crippen LogP contribution in [0.3, 0.4) is 0 Å². The number of rotatable bonds is 6. The fourth-order valence-electron chi connectivity index (χ4n) is 3.88. The van der Waals surface area contributed by atoms with Crippen LogP contribution in [0.1, 0.15) is 36.2 Å². The molecule has 4 rings (SSSR count). The van der Waals surface area contributed by atoms with Crippen LogP contribution in [0, 0.1) is 0 Å². The molecule has 1 saturated carbocycles. The molecule has 2 heterocycles. The molecule has 9 nitrogen and oxygen atoms in total. The summed E-state index contributed by atoms with van der Waals surface area (Å²) in [4.78, 5) is 12.5. The average Bonchev–Trinajstić information content (AvgIpc) is 3.46. The van der Waals surface area contributed by atoms with E-state index in [2.05, 4.69) is 15.5 Å². The van der Waals surface area contributed by atoms with Crippen LogP contribution in [-0.2, 0) is 14.8 Å². The number of benzene rings is 1. The Labute approximate surface area is 175 Å². The Bertz CT molecular complexity index is 1010. The van der Waals surface area contributed by atoms with Crippen molar-refractivity contribution in [3.05, 3.63) is 30.0 Å². The monoisotopic (exact) mass is 434 g/mol. The van der Waals surface area contributed by atoms with Crippen molar-refractivity contribution in [1.82, 2.24) is 19.8 Å². The summed E-state index contributed by atoms with van der Waals surface area (Å²) in [6, 6.07) is 6.72. The van der Waals surface area contributed by atoms with E-state index in [1.807, 2.05) is 0 Å². The Hall–Kier alpha value is -2.43. The van der Waals surface area contributed by atoms with Gasteiger partial charge in [-0.3, -0.25) is 9.89 Å². The van der Waals surface area contributed by atoms with Crippen molar-refractivity contribution >= 4 is 15.9 Å². The molecule has 1 saturated heterocycles. The quantitative estimate of drug-likeness (QED) is 0.716. The highest BCUT2D eigenvalue weighted by molar-refractivity contribution is 7.89. The predicted octanol–water partition coefficient (Wildman–Crippen LogP) is 1.78. The summed E-state index contributed by atoms with van der Waals surface area (Å²) in [5.41, 5.74) is 1.43. The van der Waals surface area contributed by atoms with Crippen molar-refractivity contribution in [3.63, 3.8) is 0 Å². The van der Waals surface area contributed by atoms with Gasteiger partial charge in [0.2, 0.25) is 10.0 Å². The van der Waals surface area contributed by atoms with Crippen molar-refractivity contribution < 1.29 is 22.7 Å². The van der Waals surface area contributed by atoms with Gasteiger partial charge in [0.1, 0.15) is 16.3 Å². The van der Waals surface area contributed by atoms with Crippen LogP contribution >= 0.6 is 0 Å². The zero-order valence-electron chi connectivity index (χ0n) is 16.9. The Morgan fingerprint density at radius 2 is 1.97 bits per heavy atom. The van der Waals surface area contributed by atoms with Crippen molar-refractivity contribution in [2.24, 2.45) is 0 Å². The van der Waals surface area contributed by atoms with E-state index in [1.54, 1.807) is 24.3 Å². The first-order valence-electron chi connectivity index (χ1n) is 10.1. The standard InChI is InChI=1S/C20H26N4O5S/c1-28-18-7-6-14(12-19(18)30(26,27)24-8-10-29-11-9-24)16-13-17(23-22-16)20(25)21-15-4-2-3-5-15/h6-7,12-13,15H,2-5,8-11H2,1H3,(H,21,25)(H,22,23). The summed E-state index contributed by atoms with van der Waals surface area (Å²) in [5, 5.41) is 9.99. The summed E-state index contributed by atoms with van der Waals surface area (Å²) in [6.45, 7) is 1.31. The lowest BCUT2D eigenvalue weighted by Gasteiger charge is -2.26. The summed E-state index contributed by atoms with van der Waals surface area (Å²) in [7, 11) is -2.31. The highest BCUT2D eigenvalue weighted by Crippen LogP contribution is 2.32. The Morgan fingerprint density at radius 3 is 2.67 bits per heavy atom. The Balaban J connectivity index is 1.60. The third-order valence-corrected chi connectivity index (χ3v) is 7.48. The van der Waals surface area contributed by atoms with Gasteiger partial charge in [-0.2, -0.15) is 9.40 Å². The number of nitrogens with one attached hydrogen (secondary N) is 2. The van der Waals surface area contributed by atoms with Crippen LogP contribution < -0.4 is 10.1 Å². The van der Waals surface area contributed by atoms with E-state index >= 15 is 0 Å². The fraction of sp³-hybridized carbons (Fsp3) is 0.500. The molecule has 10 heteroatoms. The summed E-state index contributed by atoms with van der Waals surface area (Å²) >= 11 is 0. The molecule has 2 aliphatic rings. The van der Waals surface area contributed by atoms with Gasteiger partial charge in [-0.25, -0.2) is 8.42 Å². The Kier molecular flexibility index (Phi) is 6.07. The number of carbonyl (C=O) groups is 1. The first-order chi connectivity index (χ1) is 14.5. The number of H-pyrrole nitrogens is 1. The summed E-state index contributed by atoms with van der Waals surface area (Å²) in [5.74, 6) is 0.0651. The van der Waals surface area contributed by atoms with E-state index in [1.165, 1.54) is 11.4 Å². The van der Waals surface area contributed by atoms with E-state index in [4.69, 9.17) is 9.47 Å². The second kappa shape index (κ2) is 8.75. The maximum Gasteiger partial charge on any atom is 0.269 e. The molecular weight excluding hydrogens is 408 g/mol. The molecule has 0 unspecified atom stereocenters. The first kappa shape index (κ1) is 20.8. The van der Waals surface area contributed by atoms with Crippen LogP contribution in [0.4, 0.5) is 0 Å². The van der Waals surface area contributed by atoms with E-state index in [9.17, 15) is 13.2 Å². The number of nitrogens with zero attached hydrogens (tertiary/aromatic N) is 2. The first-order valence-corrected chi connectivity index (χ1v) is 11.6. The lowest BCUT2D eigenvalue weighted by molar-refractivity contribution is 0.0729. The second-order valence-corrected chi connectivity index (χ2v) is 9.41. The molecular formula is C20H26N4O5S. The van der Waals surface area contributed by atoms with Gasteiger partial charge in [-0.1, -0.05) is 12.8 Å². The number of ether oxygens (including phenoxy) is 2. The fourth-order valence-corrected chi connectivity index (χ4v) is 5.47. The number of methoxy groups -OCH3 is 1. The minimum Gasteiger partial charge on any atom is -0.495 e. The van der Waals surface area contributed by atoms with E-state index in [-0.39, 0.29) is 22.6 Å². The number of hydrogen-bond acceptors (Lipinski definition) is 6. The maximum absolute atomic E-state index is 13.2. The van der Waals surface area contributed by atoms with Crippen molar-refractivity contribution in [2.75, 3.05) is 33.4 Å². The van der Waals surface area contributed by atoms with E-state index in [0.29, 0.717) is 43.3 Å². The van der Waals surface area contributed by atoms with E-state index < -0.39 is 10.0 Å². The molecule has 0 radical (unpaired) electrons. The average molecular weight is 435 g/mol. The molecule has 0 spiro atoms. The van der Waals surface area contributed by atoms with Crippen LogP contribution in [0.2, 0.25) is 0 Å². The van der Waals surface area contributed by atoms with Gasteiger partial charge in [-0.05, 0) is 37.1 Å². The molecule has 1 aromatic carbocycles. The number of morpholine rings is 1. The molecule has 1 aliphatic heterocycles. The van der Waals surface area contributed by atoms with Gasteiger partial charge in [-0.15, -0.1) is 0 Å². The molecule has 1 aliphatic carbocycles. The third kappa shape index (κ3) is 4.21. The number of aromatic nitrogens is 2. The minimum atomic E-state index is -3.75.